The number of amides is 2. The van der Waals surface area contributed by atoms with Crippen molar-refractivity contribution in [3.63, 3.8) is 0 Å². The van der Waals surface area contributed by atoms with E-state index < -0.39 is 34.4 Å². The molecule has 4 N–H and O–H groups in total. The zero-order chi connectivity index (χ0) is 31.9. The van der Waals surface area contributed by atoms with Crippen molar-refractivity contribution in [2.75, 3.05) is 20.3 Å². The molecule has 2 fully saturated rings. The van der Waals surface area contributed by atoms with Gasteiger partial charge >= 0.3 is 0 Å². The van der Waals surface area contributed by atoms with E-state index in [0.717, 1.165) is 6.07 Å². The highest BCUT2D eigenvalue weighted by Gasteiger charge is 2.50. The molecule has 3 aliphatic rings. The fraction of sp³-hybridized carbons (Fsp3) is 0.375. The second-order valence-electron chi connectivity index (χ2n) is 12.3. The first-order chi connectivity index (χ1) is 21.4. The Morgan fingerprint density at radius 2 is 2.02 bits per heavy atom. The molecule has 1 aliphatic heterocycles. The molecule has 13 heteroatoms. The number of primary amides is 1. The van der Waals surface area contributed by atoms with Crippen molar-refractivity contribution in [1.29, 1.82) is 0 Å². The van der Waals surface area contributed by atoms with Crippen LogP contribution in [0.15, 0.2) is 42.6 Å². The zero-order valence-corrected chi connectivity index (χ0v) is 25.3. The number of ether oxygens (including phenoxy) is 2. The second-order valence-corrected chi connectivity index (χ2v) is 12.7. The Bertz CT molecular complexity index is 1910. The predicted octanol–water partition coefficient (Wildman–Crippen LogP) is 4.48. The monoisotopic (exact) mass is 637 g/mol. The number of alkyl halides is 1. The summed E-state index contributed by atoms with van der Waals surface area (Å²) in [6.45, 7) is 1.36. The van der Waals surface area contributed by atoms with Gasteiger partial charge in [-0.25, -0.2) is 18.4 Å². The molecule has 45 heavy (non-hydrogen) atoms. The van der Waals surface area contributed by atoms with Crippen molar-refractivity contribution < 1.29 is 33.0 Å². The number of aromatic nitrogens is 3. The molecule has 234 valence electrons. The predicted molar refractivity (Wildman–Crippen MR) is 160 cm³/mol. The summed E-state index contributed by atoms with van der Waals surface area (Å²) in [6.07, 6.45) is 3.63. The van der Waals surface area contributed by atoms with E-state index in [9.17, 15) is 23.5 Å². The molecule has 7 rings (SSSR count). The van der Waals surface area contributed by atoms with Crippen molar-refractivity contribution in [1.82, 2.24) is 20.1 Å². The molecule has 4 aromatic rings. The molecular formula is C32H30ClF2N5O5. The normalized spacial score (nSPS) is 21.1. The van der Waals surface area contributed by atoms with Crippen LogP contribution in [0.25, 0.3) is 22.2 Å². The molecule has 1 unspecified atom stereocenters. The van der Waals surface area contributed by atoms with Gasteiger partial charge in [0, 0.05) is 41.1 Å². The van der Waals surface area contributed by atoms with Crippen molar-refractivity contribution in [2.24, 2.45) is 11.7 Å². The highest BCUT2D eigenvalue weighted by molar-refractivity contribution is 6.33. The van der Waals surface area contributed by atoms with Crippen molar-refractivity contribution in [2.45, 2.75) is 49.4 Å². The molecule has 2 aromatic carbocycles. The average molecular weight is 638 g/mol. The number of hydrogen-bond acceptors (Lipinski definition) is 7. The van der Waals surface area contributed by atoms with Gasteiger partial charge in [0.15, 0.2) is 0 Å². The molecule has 2 saturated carbocycles. The van der Waals surface area contributed by atoms with Gasteiger partial charge in [0.25, 0.3) is 5.91 Å². The first-order valence-electron chi connectivity index (χ1n) is 14.6. The molecule has 3 heterocycles. The third kappa shape index (κ3) is 4.78. The van der Waals surface area contributed by atoms with E-state index in [-0.39, 0.29) is 46.8 Å². The summed E-state index contributed by atoms with van der Waals surface area (Å²) in [5, 5.41) is 20.0. The topological polar surface area (TPSA) is 142 Å². The van der Waals surface area contributed by atoms with Crippen molar-refractivity contribution in [3.8, 4) is 22.8 Å². The lowest BCUT2D eigenvalue weighted by Crippen LogP contribution is -2.44. The average Bonchev–Trinajstić information content (AvgIpc) is 3.93. The quantitative estimate of drug-likeness (QED) is 0.246. The number of halogens is 3. The van der Waals surface area contributed by atoms with E-state index in [1.54, 1.807) is 25.3 Å². The highest BCUT2D eigenvalue weighted by Crippen LogP contribution is 2.51. The standard InChI is InChI=1S/C32H30ClF2N5O5/c1-30(29(36)42)15-45-27-21(30)12-24(38-26(27)20-6-5-19(34)11-22(20)33)32(43,18-3-4-18)14-37-28(41)16-9-17-13-40(31(35)7-8-31)39-25(17)23(10-16)44-2/h5-6,9-13,18,43H,3-4,7-8,14-15H2,1-2H3,(H2,36,42)(H,37,41)/t30-,32?/m0/s1. The molecule has 2 aliphatic carbocycles. The summed E-state index contributed by atoms with van der Waals surface area (Å²) in [5.41, 5.74) is 4.73. The maximum absolute atomic E-state index is 14.7. The molecular weight excluding hydrogens is 608 g/mol. The Labute approximate surface area is 261 Å². The van der Waals surface area contributed by atoms with Crippen LogP contribution in [0.2, 0.25) is 5.02 Å². The minimum absolute atomic E-state index is 0.0579. The van der Waals surface area contributed by atoms with Crippen LogP contribution in [0.5, 0.6) is 11.5 Å². The van der Waals surface area contributed by atoms with Gasteiger partial charge in [0.1, 0.15) is 46.1 Å². The number of methoxy groups -OCH3 is 1. The van der Waals surface area contributed by atoms with E-state index in [1.807, 2.05) is 0 Å². The third-order valence-corrected chi connectivity index (χ3v) is 9.46. The molecule has 0 radical (unpaired) electrons. The number of rotatable bonds is 9. The summed E-state index contributed by atoms with van der Waals surface area (Å²) in [6, 6.07) is 8.51. The van der Waals surface area contributed by atoms with Crippen LogP contribution in [-0.4, -0.2) is 51.9 Å². The van der Waals surface area contributed by atoms with Crippen LogP contribution in [-0.2, 0) is 21.6 Å². The van der Waals surface area contributed by atoms with Gasteiger partial charge in [0.2, 0.25) is 11.7 Å². The Balaban J connectivity index is 1.26. The fourth-order valence-electron chi connectivity index (χ4n) is 5.92. The summed E-state index contributed by atoms with van der Waals surface area (Å²) in [4.78, 5) is 30.9. The smallest absolute Gasteiger partial charge is 0.251 e. The number of benzene rings is 2. The van der Waals surface area contributed by atoms with Crippen molar-refractivity contribution >= 4 is 34.3 Å². The fourth-order valence-corrected chi connectivity index (χ4v) is 6.18. The van der Waals surface area contributed by atoms with Crippen LogP contribution in [0, 0.1) is 11.7 Å². The largest absolute Gasteiger partial charge is 0.494 e. The number of nitrogens with one attached hydrogen (secondary N) is 1. The van der Waals surface area contributed by atoms with Gasteiger partial charge in [-0.1, -0.05) is 11.6 Å². The maximum Gasteiger partial charge on any atom is 0.251 e. The van der Waals surface area contributed by atoms with Crippen LogP contribution < -0.4 is 20.5 Å². The molecule has 10 nitrogen and oxygen atoms in total. The van der Waals surface area contributed by atoms with Gasteiger partial charge in [-0.3, -0.25) is 9.59 Å². The molecule has 2 atom stereocenters. The lowest BCUT2D eigenvalue weighted by atomic mass is 9.81. The first-order valence-corrected chi connectivity index (χ1v) is 15.0. The molecule has 2 aromatic heterocycles. The second kappa shape index (κ2) is 10.1. The maximum atomic E-state index is 14.7. The first kappa shape index (κ1) is 29.4. The van der Waals surface area contributed by atoms with Gasteiger partial charge in [-0.2, -0.15) is 5.10 Å². The minimum Gasteiger partial charge on any atom is -0.494 e. The van der Waals surface area contributed by atoms with E-state index in [0.29, 0.717) is 53.5 Å². The lowest BCUT2D eigenvalue weighted by Gasteiger charge is -2.30. The molecule has 0 spiro atoms. The molecule has 2 amide bonds. The Morgan fingerprint density at radius 3 is 2.67 bits per heavy atom. The Morgan fingerprint density at radius 1 is 1.27 bits per heavy atom. The number of pyridine rings is 1. The number of fused-ring (bicyclic) bond motifs is 2. The Hall–Kier alpha value is -4.29. The van der Waals surface area contributed by atoms with Crippen LogP contribution in [0.4, 0.5) is 8.78 Å². The van der Waals surface area contributed by atoms with Gasteiger partial charge in [-0.15, -0.1) is 0 Å². The van der Waals surface area contributed by atoms with E-state index in [1.165, 1.54) is 30.0 Å². The molecule has 0 saturated heterocycles. The SMILES string of the molecule is COc1cc(C(=O)NCC(O)(c2cc3c(c(-c4ccc(F)cc4Cl)n2)OC[C@]3(C)C(N)=O)C2CC2)cc2cn(C3(F)CC3)nc12. The van der Waals surface area contributed by atoms with Crippen LogP contribution in [0.1, 0.15) is 54.2 Å². The van der Waals surface area contributed by atoms with Crippen molar-refractivity contribution in [3.05, 3.63) is 70.3 Å². The van der Waals surface area contributed by atoms with E-state index in [2.05, 4.69) is 10.4 Å². The van der Waals surface area contributed by atoms with Gasteiger partial charge in [0.05, 0.1) is 24.4 Å². The number of nitrogens with two attached hydrogens (primary N) is 1. The summed E-state index contributed by atoms with van der Waals surface area (Å²) in [5.74, 6) is -2.89. The Kier molecular flexibility index (Phi) is 6.61. The summed E-state index contributed by atoms with van der Waals surface area (Å²) < 4.78 is 41.3. The van der Waals surface area contributed by atoms with Crippen LogP contribution in [0.3, 0.4) is 0 Å². The summed E-state index contributed by atoms with van der Waals surface area (Å²) in [7, 11) is 1.44. The lowest BCUT2D eigenvalue weighted by molar-refractivity contribution is -0.123. The third-order valence-electron chi connectivity index (χ3n) is 9.15. The minimum atomic E-state index is -1.65. The van der Waals surface area contributed by atoms with Gasteiger partial charge < -0.3 is 25.6 Å². The van der Waals surface area contributed by atoms with E-state index >= 15 is 0 Å². The zero-order valence-electron chi connectivity index (χ0n) is 24.5. The number of carbonyl (C=O) groups is 2. The number of nitrogens with zero attached hydrogens (tertiary/aromatic N) is 3. The number of carbonyl (C=O) groups excluding carboxylic acids is 2. The van der Waals surface area contributed by atoms with Gasteiger partial charge in [-0.05, 0) is 62.1 Å². The molecule has 0 bridgehead atoms. The van der Waals surface area contributed by atoms with Crippen LogP contribution >= 0.6 is 11.6 Å². The number of hydrogen-bond donors (Lipinski definition) is 3. The van der Waals surface area contributed by atoms with E-state index in [4.69, 9.17) is 31.8 Å². The highest BCUT2D eigenvalue weighted by atomic mass is 35.5. The number of aliphatic hydroxyl groups is 1. The summed E-state index contributed by atoms with van der Waals surface area (Å²) >= 11 is 6.42.